The first-order chi connectivity index (χ1) is 9.55. The third kappa shape index (κ3) is 6.23. The number of aryl methyl sites for hydroxylation is 1. The maximum Gasteiger partial charge on any atom is 0.251 e. The Hall–Kier alpha value is -1.30. The van der Waals surface area contributed by atoms with Crippen LogP contribution in [0, 0.1) is 0 Å². The van der Waals surface area contributed by atoms with E-state index in [1.165, 1.54) is 17.8 Å². The number of carbonyl (C=O) groups is 1. The van der Waals surface area contributed by atoms with Crippen LogP contribution in [0.2, 0.25) is 0 Å². The molecule has 112 valence electrons. The van der Waals surface area contributed by atoms with Crippen LogP contribution in [0.15, 0.2) is 16.0 Å². The van der Waals surface area contributed by atoms with Crippen LogP contribution in [0.1, 0.15) is 45.7 Å². The molecule has 0 bridgehead atoms. The highest BCUT2D eigenvalue weighted by Gasteiger charge is 2.08. The van der Waals surface area contributed by atoms with Gasteiger partial charge in [-0.25, -0.2) is 4.98 Å². The quantitative estimate of drug-likeness (QED) is 0.569. The van der Waals surface area contributed by atoms with Gasteiger partial charge >= 0.3 is 0 Å². The van der Waals surface area contributed by atoms with Gasteiger partial charge in [0.25, 0.3) is 5.56 Å². The fourth-order valence-electron chi connectivity index (χ4n) is 1.89. The van der Waals surface area contributed by atoms with Gasteiger partial charge in [0.05, 0.1) is 5.75 Å². The third-order valence-corrected chi connectivity index (χ3v) is 3.62. The molecule has 2 N–H and O–H groups in total. The molecule has 0 spiro atoms. The number of nitrogens with one attached hydrogen (secondary N) is 2. The molecule has 1 aromatic heterocycles. The van der Waals surface area contributed by atoms with Gasteiger partial charge in [-0.05, 0) is 19.8 Å². The highest BCUT2D eigenvalue weighted by molar-refractivity contribution is 7.99. The lowest BCUT2D eigenvalue weighted by atomic mass is 10.2. The van der Waals surface area contributed by atoms with Crippen LogP contribution >= 0.6 is 11.8 Å². The molecule has 20 heavy (non-hydrogen) atoms. The van der Waals surface area contributed by atoms with Crippen molar-refractivity contribution in [1.82, 2.24) is 15.3 Å². The maximum absolute atomic E-state index is 11.7. The number of aromatic nitrogens is 2. The largest absolute Gasteiger partial charge is 0.353 e. The Kier molecular flexibility index (Phi) is 7.36. The van der Waals surface area contributed by atoms with Gasteiger partial charge < -0.3 is 10.3 Å². The number of carbonyl (C=O) groups excluding carboxylic acids is 1. The molecule has 1 aromatic rings. The van der Waals surface area contributed by atoms with Crippen molar-refractivity contribution in [1.29, 1.82) is 0 Å². The zero-order valence-corrected chi connectivity index (χ0v) is 13.2. The zero-order chi connectivity index (χ0) is 15.0. The average Bonchev–Trinajstić information content (AvgIpc) is 2.36. The average molecular weight is 297 g/mol. The fourth-order valence-corrected chi connectivity index (χ4v) is 2.60. The molecule has 0 saturated carbocycles. The molecule has 0 aliphatic carbocycles. The lowest BCUT2D eigenvalue weighted by Crippen LogP contribution is -2.33. The van der Waals surface area contributed by atoms with E-state index in [0.717, 1.165) is 31.4 Å². The molecule has 1 rings (SSSR count). The maximum atomic E-state index is 11.7. The number of rotatable bonds is 8. The summed E-state index contributed by atoms with van der Waals surface area (Å²) in [5.41, 5.74) is 0.615. The van der Waals surface area contributed by atoms with E-state index < -0.39 is 0 Å². The van der Waals surface area contributed by atoms with Gasteiger partial charge in [-0.3, -0.25) is 9.59 Å². The minimum absolute atomic E-state index is 0.0282. The van der Waals surface area contributed by atoms with Crippen molar-refractivity contribution in [3.63, 3.8) is 0 Å². The van der Waals surface area contributed by atoms with Crippen molar-refractivity contribution in [2.45, 2.75) is 57.7 Å². The minimum atomic E-state index is -0.161. The van der Waals surface area contributed by atoms with E-state index in [-0.39, 0.29) is 23.3 Å². The summed E-state index contributed by atoms with van der Waals surface area (Å²) < 4.78 is 0. The van der Waals surface area contributed by atoms with Crippen LogP contribution in [0.5, 0.6) is 0 Å². The zero-order valence-electron chi connectivity index (χ0n) is 12.4. The normalized spacial score (nSPS) is 12.2. The molecular weight excluding hydrogens is 274 g/mol. The molecule has 0 aliphatic heterocycles. The number of hydrogen-bond donors (Lipinski definition) is 2. The topological polar surface area (TPSA) is 74.8 Å². The van der Waals surface area contributed by atoms with Gasteiger partial charge in [0.1, 0.15) is 0 Å². The number of nitrogens with zero attached hydrogens (tertiary/aromatic N) is 1. The Morgan fingerprint density at radius 3 is 2.85 bits per heavy atom. The Morgan fingerprint density at radius 2 is 2.20 bits per heavy atom. The summed E-state index contributed by atoms with van der Waals surface area (Å²) in [5.74, 6) is 0.242. The van der Waals surface area contributed by atoms with Gasteiger partial charge in [0, 0.05) is 17.8 Å². The molecule has 0 saturated heterocycles. The summed E-state index contributed by atoms with van der Waals surface area (Å²) in [5, 5.41) is 3.44. The van der Waals surface area contributed by atoms with Crippen molar-refractivity contribution in [3.05, 3.63) is 22.1 Å². The van der Waals surface area contributed by atoms with Crippen molar-refractivity contribution >= 4 is 17.7 Å². The molecule has 0 aromatic carbocycles. The Morgan fingerprint density at radius 1 is 1.45 bits per heavy atom. The summed E-state index contributed by atoms with van der Waals surface area (Å²) in [6, 6.07) is 1.70. The predicted molar refractivity (Wildman–Crippen MR) is 82.1 cm³/mol. The van der Waals surface area contributed by atoms with E-state index in [1.807, 2.05) is 13.8 Å². The molecule has 0 aliphatic rings. The number of hydrogen-bond acceptors (Lipinski definition) is 4. The molecule has 1 amide bonds. The Bertz CT molecular complexity index is 488. The van der Waals surface area contributed by atoms with Crippen LogP contribution in [-0.2, 0) is 11.2 Å². The van der Waals surface area contributed by atoms with E-state index in [1.54, 1.807) is 0 Å². The lowest BCUT2D eigenvalue weighted by molar-refractivity contribution is -0.119. The van der Waals surface area contributed by atoms with Gasteiger partial charge in [-0.2, -0.15) is 0 Å². The van der Waals surface area contributed by atoms with Crippen LogP contribution < -0.4 is 10.9 Å². The predicted octanol–water partition coefficient (Wildman–Crippen LogP) is 2.12. The van der Waals surface area contributed by atoms with Crippen molar-refractivity contribution in [2.75, 3.05) is 5.75 Å². The first-order valence-electron chi connectivity index (χ1n) is 7.07. The van der Waals surface area contributed by atoms with Gasteiger partial charge in [0.2, 0.25) is 5.91 Å². The van der Waals surface area contributed by atoms with Gasteiger partial charge in [-0.15, -0.1) is 0 Å². The van der Waals surface area contributed by atoms with E-state index in [2.05, 4.69) is 22.2 Å². The standard InChI is InChI=1S/C14H23N3O2S/c1-4-6-10(3)15-13(19)9-20-14-16-11(7-5-2)8-12(18)17-14/h8,10H,4-7,9H2,1-3H3,(H,15,19)(H,16,17,18)/t10-/m1/s1. The highest BCUT2D eigenvalue weighted by Crippen LogP contribution is 2.11. The van der Waals surface area contributed by atoms with Crippen molar-refractivity contribution in [3.8, 4) is 0 Å². The molecule has 6 heteroatoms. The first kappa shape index (κ1) is 16.8. The molecule has 1 heterocycles. The van der Waals surface area contributed by atoms with E-state index in [4.69, 9.17) is 0 Å². The molecule has 1 atom stereocenters. The molecule has 0 radical (unpaired) electrons. The molecule has 5 nitrogen and oxygen atoms in total. The summed E-state index contributed by atoms with van der Waals surface area (Å²) in [6.45, 7) is 6.12. The number of amides is 1. The minimum Gasteiger partial charge on any atom is -0.353 e. The Balaban J connectivity index is 2.52. The fraction of sp³-hybridized carbons (Fsp3) is 0.643. The smallest absolute Gasteiger partial charge is 0.251 e. The van der Waals surface area contributed by atoms with Crippen LogP contribution in [0.3, 0.4) is 0 Å². The highest BCUT2D eigenvalue weighted by atomic mass is 32.2. The molecule has 0 unspecified atom stereocenters. The van der Waals surface area contributed by atoms with Crippen molar-refractivity contribution < 1.29 is 4.79 Å². The second-order valence-electron chi connectivity index (χ2n) is 4.84. The second-order valence-corrected chi connectivity index (χ2v) is 5.80. The number of thioether (sulfide) groups is 1. The number of aromatic amines is 1. The van der Waals surface area contributed by atoms with Crippen molar-refractivity contribution in [2.24, 2.45) is 0 Å². The van der Waals surface area contributed by atoms with E-state index in [9.17, 15) is 9.59 Å². The van der Waals surface area contributed by atoms with Crippen LogP contribution in [0.25, 0.3) is 0 Å². The van der Waals surface area contributed by atoms with E-state index in [0.29, 0.717) is 5.16 Å². The van der Waals surface area contributed by atoms with E-state index >= 15 is 0 Å². The van der Waals surface area contributed by atoms with Gasteiger partial charge in [0.15, 0.2) is 5.16 Å². The molecular formula is C14H23N3O2S. The lowest BCUT2D eigenvalue weighted by Gasteiger charge is -2.12. The first-order valence-corrected chi connectivity index (χ1v) is 8.06. The SMILES string of the molecule is CCCc1cc(=O)[nH]c(SCC(=O)N[C@H](C)CCC)n1. The third-order valence-electron chi connectivity index (χ3n) is 2.75. The molecule has 0 fully saturated rings. The summed E-state index contributed by atoms with van der Waals surface area (Å²) >= 11 is 1.26. The second kappa shape index (κ2) is 8.79. The number of H-pyrrole nitrogens is 1. The Labute approximate surface area is 124 Å². The van der Waals surface area contributed by atoms with Crippen LogP contribution in [-0.4, -0.2) is 27.7 Å². The van der Waals surface area contributed by atoms with Gasteiger partial charge in [-0.1, -0.05) is 38.5 Å². The summed E-state index contributed by atoms with van der Waals surface area (Å²) in [4.78, 5) is 30.2. The summed E-state index contributed by atoms with van der Waals surface area (Å²) in [7, 11) is 0. The monoisotopic (exact) mass is 297 g/mol. The summed E-state index contributed by atoms with van der Waals surface area (Å²) in [6.07, 6.45) is 3.73. The van der Waals surface area contributed by atoms with Crippen LogP contribution in [0.4, 0.5) is 0 Å².